The molecule has 2 aromatic rings. The van der Waals surface area contributed by atoms with Crippen LogP contribution in [0.4, 0.5) is 11.4 Å². The van der Waals surface area contributed by atoms with E-state index in [9.17, 15) is 19.7 Å². The molecule has 0 spiro atoms. The van der Waals surface area contributed by atoms with E-state index in [4.69, 9.17) is 10.5 Å². The minimum Gasteiger partial charge on any atom is -0.452 e. The van der Waals surface area contributed by atoms with Crippen LogP contribution in [0.25, 0.3) is 0 Å². The van der Waals surface area contributed by atoms with Crippen molar-refractivity contribution in [2.45, 2.75) is 6.54 Å². The molecule has 0 heterocycles. The average Bonchev–Trinajstić information content (AvgIpc) is 2.59. The number of nitrogens with two attached hydrogens (primary N) is 1. The van der Waals surface area contributed by atoms with Crippen LogP contribution in [-0.2, 0) is 16.1 Å². The molecule has 0 radical (unpaired) electrons. The summed E-state index contributed by atoms with van der Waals surface area (Å²) in [5.74, 6) is -1.39. The fraction of sp³-hybridized carbons (Fsp3) is 0.125. The van der Waals surface area contributed by atoms with E-state index in [0.717, 1.165) is 11.6 Å². The summed E-state index contributed by atoms with van der Waals surface area (Å²) in [5.41, 5.74) is 6.11. The number of hydrogen-bond donors (Lipinski definition) is 2. The van der Waals surface area contributed by atoms with Gasteiger partial charge in [-0.1, -0.05) is 30.3 Å². The van der Waals surface area contributed by atoms with Gasteiger partial charge in [0, 0.05) is 24.4 Å². The normalized spacial score (nSPS) is 10.0. The third-order valence-electron chi connectivity index (χ3n) is 3.13. The van der Waals surface area contributed by atoms with Crippen LogP contribution in [0, 0.1) is 10.1 Å². The number of benzene rings is 2. The fourth-order valence-electron chi connectivity index (χ4n) is 1.89. The average molecular weight is 329 g/mol. The molecule has 3 N–H and O–H groups in total. The second kappa shape index (κ2) is 7.73. The number of esters is 1. The lowest BCUT2D eigenvalue weighted by Gasteiger charge is -2.08. The summed E-state index contributed by atoms with van der Waals surface area (Å²) < 4.78 is 4.84. The van der Waals surface area contributed by atoms with E-state index in [0.29, 0.717) is 6.54 Å². The predicted molar refractivity (Wildman–Crippen MR) is 86.1 cm³/mol. The first-order chi connectivity index (χ1) is 11.5. The van der Waals surface area contributed by atoms with E-state index >= 15 is 0 Å². The number of hydrogen-bond acceptors (Lipinski definition) is 6. The van der Waals surface area contributed by atoms with Gasteiger partial charge in [0.05, 0.1) is 10.5 Å². The highest BCUT2D eigenvalue weighted by Gasteiger charge is 2.17. The second-order valence-corrected chi connectivity index (χ2v) is 4.87. The van der Waals surface area contributed by atoms with Crippen LogP contribution in [0.15, 0.2) is 48.5 Å². The number of anilines is 1. The van der Waals surface area contributed by atoms with Crippen molar-refractivity contribution >= 4 is 23.3 Å². The Morgan fingerprint density at radius 1 is 1.17 bits per heavy atom. The summed E-state index contributed by atoms with van der Waals surface area (Å²) in [6, 6.07) is 12.7. The summed E-state index contributed by atoms with van der Waals surface area (Å²) in [4.78, 5) is 33.7. The largest absolute Gasteiger partial charge is 0.452 e. The molecule has 0 fully saturated rings. The highest BCUT2D eigenvalue weighted by Crippen LogP contribution is 2.20. The molecule has 124 valence electrons. The van der Waals surface area contributed by atoms with Gasteiger partial charge < -0.3 is 15.8 Å². The maximum Gasteiger partial charge on any atom is 0.341 e. The smallest absolute Gasteiger partial charge is 0.341 e. The van der Waals surface area contributed by atoms with E-state index in [-0.39, 0.29) is 16.9 Å². The Labute approximate surface area is 137 Å². The molecule has 8 nitrogen and oxygen atoms in total. The summed E-state index contributed by atoms with van der Waals surface area (Å²) >= 11 is 0. The number of ether oxygens (including phenoxy) is 1. The minimum atomic E-state index is -0.897. The molecule has 1 amide bonds. The lowest BCUT2D eigenvalue weighted by molar-refractivity contribution is -0.384. The van der Waals surface area contributed by atoms with Crippen LogP contribution >= 0.6 is 0 Å². The van der Waals surface area contributed by atoms with Crippen molar-refractivity contribution in [3.05, 3.63) is 69.8 Å². The van der Waals surface area contributed by atoms with Crippen LogP contribution in [0.2, 0.25) is 0 Å². The summed E-state index contributed by atoms with van der Waals surface area (Å²) in [6.07, 6.45) is 0. The van der Waals surface area contributed by atoms with Crippen LogP contribution < -0.4 is 11.1 Å². The lowest BCUT2D eigenvalue weighted by atomic mass is 10.1. The summed E-state index contributed by atoms with van der Waals surface area (Å²) in [7, 11) is 0. The molecule has 0 aliphatic heterocycles. The van der Waals surface area contributed by atoms with E-state index < -0.39 is 23.4 Å². The minimum absolute atomic E-state index is 0.0373. The number of nitrogens with one attached hydrogen (secondary N) is 1. The molecule has 2 rings (SSSR count). The molecule has 0 unspecified atom stereocenters. The van der Waals surface area contributed by atoms with E-state index in [1.165, 1.54) is 12.1 Å². The van der Waals surface area contributed by atoms with Crippen molar-refractivity contribution in [3.63, 3.8) is 0 Å². The molecule has 8 heteroatoms. The first kappa shape index (κ1) is 16.9. The Hall–Kier alpha value is -3.42. The third-order valence-corrected chi connectivity index (χ3v) is 3.13. The van der Waals surface area contributed by atoms with Crippen molar-refractivity contribution in [2.75, 3.05) is 12.3 Å². The number of nitro benzene ring substituents is 1. The van der Waals surface area contributed by atoms with Gasteiger partial charge in [-0.3, -0.25) is 14.9 Å². The number of nitrogens with zero attached hydrogens (tertiary/aromatic N) is 1. The zero-order valence-corrected chi connectivity index (χ0v) is 12.6. The Morgan fingerprint density at radius 2 is 1.88 bits per heavy atom. The molecule has 0 aromatic heterocycles. The quantitative estimate of drug-likeness (QED) is 0.359. The van der Waals surface area contributed by atoms with Crippen molar-refractivity contribution in [3.8, 4) is 0 Å². The first-order valence-corrected chi connectivity index (χ1v) is 6.99. The van der Waals surface area contributed by atoms with Crippen LogP contribution in [-0.4, -0.2) is 23.4 Å². The van der Waals surface area contributed by atoms with Crippen LogP contribution in [0.3, 0.4) is 0 Å². The van der Waals surface area contributed by atoms with Gasteiger partial charge in [-0.25, -0.2) is 4.79 Å². The van der Waals surface area contributed by atoms with E-state index in [2.05, 4.69) is 5.32 Å². The van der Waals surface area contributed by atoms with Crippen molar-refractivity contribution in [2.24, 2.45) is 0 Å². The van der Waals surface area contributed by atoms with Gasteiger partial charge in [0.25, 0.3) is 11.6 Å². The van der Waals surface area contributed by atoms with E-state index in [1.54, 1.807) is 0 Å². The Morgan fingerprint density at radius 3 is 2.54 bits per heavy atom. The van der Waals surface area contributed by atoms with Crippen LogP contribution in [0.5, 0.6) is 0 Å². The first-order valence-electron chi connectivity index (χ1n) is 6.99. The molecule has 0 saturated carbocycles. The standard InChI is InChI=1S/C16H15N3O5/c17-14-7-6-12(19(22)23)8-13(14)16(21)24-10-15(20)18-9-11-4-2-1-3-5-11/h1-8H,9-10,17H2,(H,18,20). The summed E-state index contributed by atoms with van der Waals surface area (Å²) in [5, 5.41) is 13.3. The van der Waals surface area contributed by atoms with Crippen molar-refractivity contribution in [1.29, 1.82) is 0 Å². The predicted octanol–water partition coefficient (Wildman–Crippen LogP) is 1.65. The molecule has 0 aliphatic carbocycles. The number of nitro groups is 1. The maximum atomic E-state index is 11.9. The maximum absolute atomic E-state index is 11.9. The highest BCUT2D eigenvalue weighted by atomic mass is 16.6. The van der Waals surface area contributed by atoms with Gasteiger partial charge in [0.15, 0.2) is 6.61 Å². The Bertz CT molecular complexity index is 762. The molecule has 24 heavy (non-hydrogen) atoms. The fourth-order valence-corrected chi connectivity index (χ4v) is 1.89. The molecule has 0 aliphatic rings. The van der Waals surface area contributed by atoms with Crippen molar-refractivity contribution < 1.29 is 19.2 Å². The number of carbonyl (C=O) groups is 2. The number of nitrogen functional groups attached to an aromatic ring is 1. The Balaban J connectivity index is 1.89. The molecular weight excluding hydrogens is 314 g/mol. The Kier molecular flexibility index (Phi) is 5.45. The van der Waals surface area contributed by atoms with Gasteiger partial charge in [-0.05, 0) is 11.6 Å². The highest BCUT2D eigenvalue weighted by molar-refractivity contribution is 5.96. The molecular formula is C16H15N3O5. The van der Waals surface area contributed by atoms with Gasteiger partial charge in [0.2, 0.25) is 0 Å². The zero-order chi connectivity index (χ0) is 17.5. The second-order valence-electron chi connectivity index (χ2n) is 4.87. The number of carbonyl (C=O) groups excluding carboxylic acids is 2. The lowest BCUT2D eigenvalue weighted by Crippen LogP contribution is -2.28. The third kappa shape index (κ3) is 4.54. The summed E-state index contributed by atoms with van der Waals surface area (Å²) in [6.45, 7) is -0.204. The zero-order valence-electron chi connectivity index (χ0n) is 12.6. The van der Waals surface area contributed by atoms with Crippen LogP contribution in [0.1, 0.15) is 15.9 Å². The van der Waals surface area contributed by atoms with E-state index in [1.807, 2.05) is 30.3 Å². The van der Waals surface area contributed by atoms with Crippen molar-refractivity contribution in [1.82, 2.24) is 5.32 Å². The molecule has 0 saturated heterocycles. The van der Waals surface area contributed by atoms with Gasteiger partial charge >= 0.3 is 5.97 Å². The number of amides is 1. The number of rotatable bonds is 6. The van der Waals surface area contributed by atoms with Gasteiger partial charge in [-0.2, -0.15) is 0 Å². The SMILES string of the molecule is Nc1ccc([N+](=O)[O-])cc1C(=O)OCC(=O)NCc1ccccc1. The monoisotopic (exact) mass is 329 g/mol. The van der Waals surface area contributed by atoms with Gasteiger partial charge in [0.1, 0.15) is 0 Å². The topological polar surface area (TPSA) is 125 Å². The van der Waals surface area contributed by atoms with Gasteiger partial charge in [-0.15, -0.1) is 0 Å². The molecule has 0 bridgehead atoms. The molecule has 2 aromatic carbocycles. The molecule has 0 atom stereocenters. The number of non-ortho nitro benzene ring substituents is 1.